The van der Waals surface area contributed by atoms with Gasteiger partial charge in [0.1, 0.15) is 24.1 Å². The molecule has 2 rings (SSSR count). The van der Waals surface area contributed by atoms with Crippen LogP contribution in [-0.4, -0.2) is 75.1 Å². The maximum absolute atomic E-state index is 11.5. The van der Waals surface area contributed by atoms with Crippen LogP contribution in [0, 0.1) is 5.41 Å². The third kappa shape index (κ3) is 4.24. The number of nitrogens with one attached hydrogen (secondary N) is 1. The number of aliphatic hydroxyl groups is 3. The first kappa shape index (κ1) is 18.0. The summed E-state index contributed by atoms with van der Waals surface area (Å²) in [6, 6.07) is 1.37. The van der Waals surface area contributed by atoms with Crippen LogP contribution in [0.3, 0.4) is 0 Å². The summed E-state index contributed by atoms with van der Waals surface area (Å²) in [5.74, 6) is 0.0537. The van der Waals surface area contributed by atoms with Gasteiger partial charge in [-0.2, -0.15) is 4.98 Å². The van der Waals surface area contributed by atoms with Gasteiger partial charge in [0.25, 0.3) is 0 Å². The molecule has 1 saturated heterocycles. The van der Waals surface area contributed by atoms with Crippen LogP contribution in [0.25, 0.3) is 0 Å². The number of rotatable bonds is 3. The highest BCUT2D eigenvalue weighted by Crippen LogP contribution is 2.27. The van der Waals surface area contributed by atoms with E-state index in [1.807, 2.05) is 14.1 Å². The number of hydrogen-bond donors (Lipinski definition) is 5. The number of aliphatic hydroxyl groups excluding tert-OH is 3. The monoisotopic (exact) mass is 315 g/mol. The van der Waals surface area contributed by atoms with E-state index in [2.05, 4.69) is 4.98 Å². The van der Waals surface area contributed by atoms with Gasteiger partial charge in [0.15, 0.2) is 6.23 Å². The van der Waals surface area contributed by atoms with Crippen molar-refractivity contribution < 1.29 is 20.1 Å². The van der Waals surface area contributed by atoms with Gasteiger partial charge in [0.2, 0.25) is 0 Å². The first-order valence-electron chi connectivity index (χ1n) is 6.46. The van der Waals surface area contributed by atoms with Crippen LogP contribution in [0.1, 0.15) is 6.23 Å². The lowest BCUT2D eigenvalue weighted by molar-refractivity contribution is -0.0549. The Hall–Kier alpha value is -2.01. The molecule has 22 heavy (non-hydrogen) atoms. The number of hydrogen-bond acceptors (Lipinski definition) is 8. The van der Waals surface area contributed by atoms with Gasteiger partial charge < -0.3 is 30.7 Å². The Morgan fingerprint density at radius 3 is 2.50 bits per heavy atom. The predicted molar refractivity (Wildman–Crippen MR) is 78.4 cm³/mol. The van der Waals surface area contributed by atoms with Gasteiger partial charge >= 0.3 is 5.69 Å². The molecule has 6 N–H and O–H groups in total. The van der Waals surface area contributed by atoms with Gasteiger partial charge in [-0.15, -0.1) is 0 Å². The summed E-state index contributed by atoms with van der Waals surface area (Å²) < 4.78 is 6.19. The summed E-state index contributed by atoms with van der Waals surface area (Å²) in [6.07, 6.45) is -2.02. The van der Waals surface area contributed by atoms with Crippen molar-refractivity contribution in [2.75, 3.05) is 26.4 Å². The van der Waals surface area contributed by atoms with Crippen molar-refractivity contribution in [2.24, 2.45) is 0 Å². The molecule has 0 aromatic carbocycles. The Morgan fingerprint density at radius 1 is 1.50 bits per heavy atom. The second-order valence-corrected chi connectivity index (χ2v) is 4.86. The lowest BCUT2D eigenvalue weighted by Gasteiger charge is -2.16. The molecular formula is C12H21N5O5. The van der Waals surface area contributed by atoms with Crippen molar-refractivity contribution in [3.63, 3.8) is 0 Å². The summed E-state index contributed by atoms with van der Waals surface area (Å²) in [7, 11) is 3.62. The normalized spacial score (nSPS) is 27.0. The largest absolute Gasteiger partial charge is 0.394 e. The molecule has 10 heteroatoms. The number of nitrogen functional groups attached to an aromatic ring is 1. The van der Waals surface area contributed by atoms with Crippen LogP contribution in [0.2, 0.25) is 0 Å². The Bertz CT molecular complexity index is 549. The molecule has 0 radical (unpaired) electrons. The van der Waals surface area contributed by atoms with Crippen molar-refractivity contribution in [1.29, 1.82) is 5.41 Å². The molecule has 0 aliphatic carbocycles. The average Bonchev–Trinajstić information content (AvgIpc) is 2.76. The summed E-state index contributed by atoms with van der Waals surface area (Å²) in [5.41, 5.74) is 4.63. The minimum atomic E-state index is -1.31. The lowest BCUT2D eigenvalue weighted by atomic mass is 10.1. The van der Waals surface area contributed by atoms with E-state index in [0.717, 1.165) is 4.57 Å². The summed E-state index contributed by atoms with van der Waals surface area (Å²) in [5, 5.41) is 34.6. The molecule has 1 aromatic heterocycles. The van der Waals surface area contributed by atoms with Gasteiger partial charge in [-0.05, 0) is 6.07 Å². The molecule has 1 aliphatic rings. The zero-order valence-electron chi connectivity index (χ0n) is 12.3. The molecule has 1 aromatic rings. The van der Waals surface area contributed by atoms with E-state index in [4.69, 9.17) is 21.0 Å². The van der Waals surface area contributed by atoms with Gasteiger partial charge in [-0.1, -0.05) is 0 Å². The van der Waals surface area contributed by atoms with E-state index in [-0.39, 0.29) is 5.82 Å². The van der Waals surface area contributed by atoms with Gasteiger partial charge in [0, 0.05) is 20.3 Å². The average molecular weight is 315 g/mol. The Kier molecular flexibility index (Phi) is 6.43. The van der Waals surface area contributed by atoms with Crippen molar-refractivity contribution in [3.05, 3.63) is 22.7 Å². The smallest absolute Gasteiger partial charge is 0.351 e. The number of anilines is 1. The van der Waals surface area contributed by atoms with Gasteiger partial charge in [-0.3, -0.25) is 9.98 Å². The molecule has 10 nitrogen and oxygen atoms in total. The third-order valence-corrected chi connectivity index (χ3v) is 2.90. The van der Waals surface area contributed by atoms with E-state index in [1.54, 1.807) is 4.90 Å². The van der Waals surface area contributed by atoms with Crippen molar-refractivity contribution in [1.82, 2.24) is 14.5 Å². The number of aromatic nitrogens is 2. The number of nitrogens with zero attached hydrogens (tertiary/aromatic N) is 3. The molecule has 124 valence electrons. The highest BCUT2D eigenvalue weighted by Gasteiger charge is 2.43. The van der Waals surface area contributed by atoms with E-state index >= 15 is 0 Å². The Balaban J connectivity index is 0.000000422. The molecule has 0 saturated carbocycles. The standard InChI is InChI=1S/C9H13N3O5.C3H8N2/c10-5-1-2-12(9(16)11-5)8-7(15)6(14)4(3-13)17-8;1-5(2)3-4/h1-2,4,6-8,13-15H,3H2,(H2,10,11,16);3-4H,1-2H3/t4-,6-,7-,8-;/m1./s1. The van der Waals surface area contributed by atoms with Gasteiger partial charge in [-0.25, -0.2) is 4.79 Å². The second kappa shape index (κ2) is 7.84. The minimum Gasteiger partial charge on any atom is -0.394 e. The topological polar surface area (TPSA) is 158 Å². The first-order valence-corrected chi connectivity index (χ1v) is 6.46. The predicted octanol–water partition coefficient (Wildman–Crippen LogP) is -2.41. The Labute approximate surface area is 126 Å². The molecule has 0 unspecified atom stereocenters. The van der Waals surface area contributed by atoms with E-state index in [9.17, 15) is 15.0 Å². The van der Waals surface area contributed by atoms with Crippen molar-refractivity contribution in [2.45, 2.75) is 24.5 Å². The molecule has 0 spiro atoms. The first-order chi connectivity index (χ1) is 10.3. The van der Waals surface area contributed by atoms with E-state index < -0.39 is 36.8 Å². The van der Waals surface area contributed by atoms with Crippen LogP contribution in [0.4, 0.5) is 5.82 Å². The quantitative estimate of drug-likeness (QED) is 0.305. The second-order valence-electron chi connectivity index (χ2n) is 4.86. The molecule has 1 fully saturated rings. The van der Waals surface area contributed by atoms with Gasteiger partial charge in [0.05, 0.1) is 12.9 Å². The fourth-order valence-electron chi connectivity index (χ4n) is 1.73. The minimum absolute atomic E-state index is 0.0537. The van der Waals surface area contributed by atoms with Crippen LogP contribution in [-0.2, 0) is 4.74 Å². The number of ether oxygens (including phenoxy) is 1. The molecule has 1 aliphatic heterocycles. The molecule has 4 atom stereocenters. The summed E-state index contributed by atoms with van der Waals surface area (Å²) in [4.78, 5) is 16.7. The van der Waals surface area contributed by atoms with E-state index in [0.29, 0.717) is 0 Å². The molecule has 0 amide bonds. The van der Waals surface area contributed by atoms with Crippen LogP contribution in [0.5, 0.6) is 0 Å². The van der Waals surface area contributed by atoms with E-state index in [1.165, 1.54) is 18.6 Å². The van der Waals surface area contributed by atoms with Crippen LogP contribution >= 0.6 is 0 Å². The fourth-order valence-corrected chi connectivity index (χ4v) is 1.73. The zero-order valence-corrected chi connectivity index (χ0v) is 12.3. The van der Waals surface area contributed by atoms with Crippen molar-refractivity contribution in [3.8, 4) is 0 Å². The highest BCUT2D eigenvalue weighted by molar-refractivity contribution is 5.49. The number of nitrogens with two attached hydrogens (primary N) is 1. The maximum Gasteiger partial charge on any atom is 0.351 e. The van der Waals surface area contributed by atoms with Crippen LogP contribution in [0.15, 0.2) is 17.1 Å². The van der Waals surface area contributed by atoms with Crippen LogP contribution < -0.4 is 11.4 Å². The zero-order chi connectivity index (χ0) is 16.9. The third-order valence-electron chi connectivity index (χ3n) is 2.90. The molecule has 2 heterocycles. The summed E-state index contributed by atoms with van der Waals surface area (Å²) in [6.45, 7) is -0.453. The maximum atomic E-state index is 11.5. The molecule has 0 bridgehead atoms. The highest BCUT2D eigenvalue weighted by atomic mass is 16.6. The lowest BCUT2D eigenvalue weighted by Crippen LogP contribution is -2.36. The Morgan fingerprint density at radius 2 is 2.09 bits per heavy atom. The van der Waals surface area contributed by atoms with Crippen molar-refractivity contribution >= 4 is 12.2 Å². The summed E-state index contributed by atoms with van der Waals surface area (Å²) >= 11 is 0. The fraction of sp³-hybridized carbons (Fsp3) is 0.583. The SMILES string of the molecule is CN(C)C=N.Nc1ccn([C@@H]2O[C@H](CO)[C@@H](O)[C@H]2O)c(=O)n1. The molecular weight excluding hydrogens is 294 g/mol.